The molecule has 0 aromatic carbocycles. The van der Waals surface area contributed by atoms with Crippen LogP contribution < -0.4 is 0 Å². The fourth-order valence-corrected chi connectivity index (χ4v) is 3.22. The Balaban J connectivity index is 3.44. The van der Waals surface area contributed by atoms with E-state index in [0.717, 1.165) is 0 Å². The van der Waals surface area contributed by atoms with Gasteiger partial charge in [0.25, 0.3) is 10.1 Å². The van der Waals surface area contributed by atoms with Gasteiger partial charge in [0.05, 0.1) is 11.5 Å². The zero-order valence-electron chi connectivity index (χ0n) is 12.1. The minimum absolute atomic E-state index is 0.149. The molecule has 0 bridgehead atoms. The topological polar surface area (TPSA) is 54.4 Å². The SMILES string of the molecule is CCCCCC1C(C(F)(F)F)=C=C(S(=O)(=O)O)CC1C(F)(F)F. The maximum Gasteiger partial charge on any atom is 0.420 e. The van der Waals surface area contributed by atoms with E-state index < -0.39 is 51.2 Å². The smallest absolute Gasteiger partial charge is 0.282 e. The molecule has 1 rings (SSSR count). The molecule has 2 atom stereocenters. The van der Waals surface area contributed by atoms with E-state index in [1.54, 1.807) is 6.92 Å². The summed E-state index contributed by atoms with van der Waals surface area (Å²) in [5.74, 6) is -4.44. The van der Waals surface area contributed by atoms with E-state index in [-0.39, 0.29) is 12.8 Å². The predicted octanol–water partition coefficient (Wildman–Crippen LogP) is 4.62. The minimum Gasteiger partial charge on any atom is -0.282 e. The van der Waals surface area contributed by atoms with Crippen LogP contribution in [0.4, 0.5) is 26.3 Å². The van der Waals surface area contributed by atoms with Gasteiger partial charge in [-0.3, -0.25) is 4.55 Å². The van der Waals surface area contributed by atoms with Crippen molar-refractivity contribution in [3.05, 3.63) is 16.2 Å². The van der Waals surface area contributed by atoms with Crippen molar-refractivity contribution in [1.29, 1.82) is 0 Å². The second kappa shape index (κ2) is 6.86. The van der Waals surface area contributed by atoms with E-state index in [4.69, 9.17) is 4.55 Å². The first-order valence-corrected chi connectivity index (χ1v) is 8.33. The molecule has 0 amide bonds. The van der Waals surface area contributed by atoms with Crippen LogP contribution in [0.25, 0.3) is 0 Å². The largest absolute Gasteiger partial charge is 0.420 e. The molecule has 0 spiro atoms. The van der Waals surface area contributed by atoms with Crippen molar-refractivity contribution in [3.8, 4) is 0 Å². The summed E-state index contributed by atoms with van der Waals surface area (Å²) in [5, 5.41) is 0. The van der Waals surface area contributed by atoms with E-state index in [2.05, 4.69) is 0 Å². The van der Waals surface area contributed by atoms with E-state index in [1.807, 2.05) is 0 Å². The highest BCUT2D eigenvalue weighted by molar-refractivity contribution is 7.89. The summed E-state index contributed by atoms with van der Waals surface area (Å²) in [6, 6.07) is 0. The highest BCUT2D eigenvalue weighted by Crippen LogP contribution is 2.48. The number of allylic oxidation sites excluding steroid dienone is 1. The standard InChI is InChI=1S/C13H16F6O3S/c1-2-3-4-5-9-10(12(14,15)16)6-8(23(20,21)22)7-11(9)13(17,18)19/h9-10H,2-6H2,1H3,(H,20,21,22). The van der Waals surface area contributed by atoms with Crippen LogP contribution in [-0.4, -0.2) is 25.3 Å². The molecule has 0 saturated heterocycles. The molecule has 2 unspecified atom stereocenters. The Morgan fingerprint density at radius 2 is 1.74 bits per heavy atom. The predicted molar refractivity (Wildman–Crippen MR) is 69.9 cm³/mol. The van der Waals surface area contributed by atoms with Crippen LogP contribution in [0.5, 0.6) is 0 Å². The summed E-state index contributed by atoms with van der Waals surface area (Å²) in [6.45, 7) is 1.75. The molecule has 3 nitrogen and oxygen atoms in total. The van der Waals surface area contributed by atoms with Crippen LogP contribution in [0.1, 0.15) is 39.0 Å². The molecule has 0 aromatic rings. The molecule has 0 saturated carbocycles. The lowest BCUT2D eigenvalue weighted by atomic mass is 9.77. The van der Waals surface area contributed by atoms with Gasteiger partial charge in [-0.2, -0.15) is 34.8 Å². The first kappa shape index (κ1) is 20.1. The van der Waals surface area contributed by atoms with Crippen molar-refractivity contribution in [2.24, 2.45) is 11.8 Å². The zero-order valence-corrected chi connectivity index (χ0v) is 12.9. The van der Waals surface area contributed by atoms with Crippen LogP contribution in [0.3, 0.4) is 0 Å². The van der Waals surface area contributed by atoms with Gasteiger partial charge in [-0.1, -0.05) is 31.9 Å². The summed E-state index contributed by atoms with van der Waals surface area (Å²) < 4.78 is 109. The zero-order chi connectivity index (χ0) is 18.1. The molecule has 23 heavy (non-hydrogen) atoms. The molecular weight excluding hydrogens is 350 g/mol. The average molecular weight is 366 g/mol. The van der Waals surface area contributed by atoms with E-state index in [1.165, 1.54) is 5.73 Å². The first-order chi connectivity index (χ1) is 10.3. The fraction of sp³-hybridized carbons (Fsp3) is 0.769. The Hall–Kier alpha value is -0.990. The van der Waals surface area contributed by atoms with Gasteiger partial charge in [0.1, 0.15) is 4.91 Å². The normalized spacial score (nSPS) is 23.5. The van der Waals surface area contributed by atoms with Gasteiger partial charge in [-0.25, -0.2) is 0 Å². The van der Waals surface area contributed by atoms with Gasteiger partial charge < -0.3 is 0 Å². The second-order valence-corrected chi connectivity index (χ2v) is 6.83. The molecule has 1 N–H and O–H groups in total. The third-order valence-corrected chi connectivity index (χ3v) is 4.58. The quantitative estimate of drug-likeness (QED) is 0.334. The number of rotatable bonds is 5. The van der Waals surface area contributed by atoms with Gasteiger partial charge in [-0.15, -0.1) is 0 Å². The van der Waals surface area contributed by atoms with Crippen LogP contribution in [0.2, 0.25) is 0 Å². The molecule has 134 valence electrons. The Kier molecular flexibility index (Phi) is 5.98. The fourth-order valence-electron chi connectivity index (χ4n) is 2.59. The van der Waals surface area contributed by atoms with Gasteiger partial charge in [0.2, 0.25) is 0 Å². The molecule has 0 aliphatic heterocycles. The van der Waals surface area contributed by atoms with Crippen molar-refractivity contribution < 1.29 is 39.3 Å². The lowest BCUT2D eigenvalue weighted by molar-refractivity contribution is -0.193. The third kappa shape index (κ3) is 5.26. The van der Waals surface area contributed by atoms with E-state index in [0.29, 0.717) is 12.8 Å². The van der Waals surface area contributed by atoms with Gasteiger partial charge in [0.15, 0.2) is 0 Å². The molecular formula is C13H16F6O3S. The molecule has 0 radical (unpaired) electrons. The Morgan fingerprint density at radius 1 is 1.17 bits per heavy atom. The van der Waals surface area contributed by atoms with Crippen LogP contribution >= 0.6 is 0 Å². The van der Waals surface area contributed by atoms with Crippen molar-refractivity contribution in [2.45, 2.75) is 51.4 Å². The number of alkyl halides is 6. The molecule has 0 heterocycles. The summed E-state index contributed by atoms with van der Waals surface area (Å²) in [5.41, 5.74) is -0.189. The van der Waals surface area contributed by atoms with Crippen molar-refractivity contribution in [3.63, 3.8) is 0 Å². The first-order valence-electron chi connectivity index (χ1n) is 6.89. The number of hydrogen-bond donors (Lipinski definition) is 1. The molecule has 10 heteroatoms. The second-order valence-electron chi connectivity index (χ2n) is 5.39. The molecule has 1 aliphatic carbocycles. The number of halogens is 6. The highest BCUT2D eigenvalue weighted by atomic mass is 32.2. The van der Waals surface area contributed by atoms with Crippen LogP contribution in [0, 0.1) is 11.8 Å². The summed E-state index contributed by atoms with van der Waals surface area (Å²) >= 11 is 0. The Bertz CT molecular complexity index is 596. The average Bonchev–Trinajstić information content (AvgIpc) is 2.35. The third-order valence-electron chi connectivity index (χ3n) is 3.69. The van der Waals surface area contributed by atoms with E-state index >= 15 is 0 Å². The maximum absolute atomic E-state index is 13.1. The van der Waals surface area contributed by atoms with E-state index in [9.17, 15) is 34.8 Å². The number of hydrogen-bond acceptors (Lipinski definition) is 2. The monoisotopic (exact) mass is 366 g/mol. The van der Waals surface area contributed by atoms with Crippen molar-refractivity contribution in [2.75, 3.05) is 0 Å². The van der Waals surface area contributed by atoms with Gasteiger partial charge >= 0.3 is 12.4 Å². The lowest BCUT2D eigenvalue weighted by Crippen LogP contribution is -2.38. The van der Waals surface area contributed by atoms with Gasteiger partial charge in [-0.05, 0) is 6.42 Å². The summed E-state index contributed by atoms with van der Waals surface area (Å²) in [7, 11) is -5.18. The molecule has 0 fully saturated rings. The van der Waals surface area contributed by atoms with Gasteiger partial charge in [0, 0.05) is 12.3 Å². The highest BCUT2D eigenvalue weighted by Gasteiger charge is 2.53. The molecule has 1 aliphatic rings. The maximum atomic E-state index is 13.1. The van der Waals surface area contributed by atoms with Crippen molar-refractivity contribution in [1.82, 2.24) is 0 Å². The Labute approximate surface area is 129 Å². The Morgan fingerprint density at radius 3 is 2.13 bits per heavy atom. The number of unbranched alkanes of at least 4 members (excludes halogenated alkanes) is 2. The summed E-state index contributed by atoms with van der Waals surface area (Å²) in [6.07, 6.45) is -10.6. The molecule has 0 aromatic heterocycles. The van der Waals surface area contributed by atoms with Crippen LogP contribution in [-0.2, 0) is 10.1 Å². The van der Waals surface area contributed by atoms with Crippen LogP contribution in [0.15, 0.2) is 16.2 Å². The minimum atomic E-state index is -5.18. The summed E-state index contributed by atoms with van der Waals surface area (Å²) in [4.78, 5) is -1.38. The lowest BCUT2D eigenvalue weighted by Gasteiger charge is -2.33. The van der Waals surface area contributed by atoms with Crippen molar-refractivity contribution >= 4 is 10.1 Å².